The summed E-state index contributed by atoms with van der Waals surface area (Å²) in [6.45, 7) is 16.9. The number of aromatic nitrogens is 5. The summed E-state index contributed by atoms with van der Waals surface area (Å²) >= 11 is 1.26. The summed E-state index contributed by atoms with van der Waals surface area (Å²) in [5.74, 6) is 0.271. The van der Waals surface area contributed by atoms with Gasteiger partial charge in [-0.1, -0.05) is 72.7 Å². The van der Waals surface area contributed by atoms with Crippen LogP contribution in [0.3, 0.4) is 0 Å². The molecule has 3 aromatic heterocycles. The predicted molar refractivity (Wildman–Crippen MR) is 217 cm³/mol. The van der Waals surface area contributed by atoms with Gasteiger partial charge in [0.1, 0.15) is 12.1 Å². The SMILES string of the molecule is CCc1cccc(CC)c1-c1cc(OCC(CC(C)C)NCc2cnc3c(CCOC)c(C(C)(C)C)n(C)c3n2)nc(NSc2cccc(C(=O)O)c2)n1. The summed E-state index contributed by atoms with van der Waals surface area (Å²) in [5.41, 5.74) is 9.48. The third-order valence-electron chi connectivity index (χ3n) is 9.35. The van der Waals surface area contributed by atoms with E-state index in [2.05, 4.69) is 88.3 Å². The van der Waals surface area contributed by atoms with Gasteiger partial charge < -0.3 is 24.5 Å². The van der Waals surface area contributed by atoms with Crippen molar-refractivity contribution in [3.8, 4) is 17.1 Å². The lowest BCUT2D eigenvalue weighted by Crippen LogP contribution is -2.36. The highest BCUT2D eigenvalue weighted by Gasteiger charge is 2.27. The maximum absolute atomic E-state index is 11.6. The second-order valence-electron chi connectivity index (χ2n) is 15.0. The number of carboxylic acids is 1. The van der Waals surface area contributed by atoms with Crippen molar-refractivity contribution in [3.05, 3.63) is 88.4 Å². The fourth-order valence-electron chi connectivity index (χ4n) is 7.02. The van der Waals surface area contributed by atoms with Crippen LogP contribution in [-0.4, -0.2) is 61.9 Å². The lowest BCUT2D eigenvalue weighted by atomic mass is 9.88. The molecule has 5 rings (SSSR count). The number of fused-ring (bicyclic) bond motifs is 1. The Morgan fingerprint density at radius 1 is 1.02 bits per heavy atom. The Bertz CT molecular complexity index is 2030. The zero-order chi connectivity index (χ0) is 39.0. The van der Waals surface area contributed by atoms with Gasteiger partial charge in [-0.15, -0.1) is 0 Å². The van der Waals surface area contributed by atoms with Gasteiger partial charge in [0.15, 0.2) is 5.65 Å². The number of methoxy groups -OCH3 is 1. The Kier molecular flexibility index (Phi) is 13.7. The summed E-state index contributed by atoms with van der Waals surface area (Å²) in [7, 11) is 3.81. The number of aryl methyl sites for hydroxylation is 3. The van der Waals surface area contributed by atoms with Crippen molar-refractivity contribution in [1.82, 2.24) is 29.8 Å². The van der Waals surface area contributed by atoms with E-state index >= 15 is 0 Å². The summed E-state index contributed by atoms with van der Waals surface area (Å²) in [6, 6.07) is 15.1. The van der Waals surface area contributed by atoms with Crippen molar-refractivity contribution in [2.24, 2.45) is 13.0 Å². The quantitative estimate of drug-likeness (QED) is 0.0744. The van der Waals surface area contributed by atoms with Crippen molar-refractivity contribution < 1.29 is 19.4 Å². The number of nitrogens with zero attached hydrogens (tertiary/aromatic N) is 5. The molecule has 54 heavy (non-hydrogen) atoms. The molecule has 0 aliphatic carbocycles. The third kappa shape index (κ3) is 9.96. The van der Waals surface area contributed by atoms with E-state index in [1.165, 1.54) is 34.3 Å². The van der Waals surface area contributed by atoms with Gasteiger partial charge in [0, 0.05) is 59.9 Å². The smallest absolute Gasteiger partial charge is 0.335 e. The van der Waals surface area contributed by atoms with E-state index in [9.17, 15) is 9.90 Å². The van der Waals surface area contributed by atoms with Gasteiger partial charge in [-0.3, -0.25) is 9.71 Å². The minimum absolute atomic E-state index is 0.00963. The van der Waals surface area contributed by atoms with Crippen molar-refractivity contribution in [2.45, 2.75) is 97.0 Å². The van der Waals surface area contributed by atoms with E-state index in [-0.39, 0.29) is 17.0 Å². The van der Waals surface area contributed by atoms with Crippen molar-refractivity contribution in [2.75, 3.05) is 25.0 Å². The molecule has 3 heterocycles. The van der Waals surface area contributed by atoms with Crippen LogP contribution in [-0.2, 0) is 43.0 Å². The first-order valence-corrected chi connectivity index (χ1v) is 19.6. The van der Waals surface area contributed by atoms with Gasteiger partial charge in [0.2, 0.25) is 11.8 Å². The van der Waals surface area contributed by atoms with Crippen LogP contribution in [0.25, 0.3) is 22.4 Å². The first kappa shape index (κ1) is 40.7. The highest BCUT2D eigenvalue weighted by Crippen LogP contribution is 2.34. The molecule has 0 bridgehead atoms. The number of nitrogens with one attached hydrogen (secondary N) is 2. The van der Waals surface area contributed by atoms with Gasteiger partial charge in [0.05, 0.1) is 29.8 Å². The monoisotopic (exact) mass is 753 g/mol. The Morgan fingerprint density at radius 3 is 2.39 bits per heavy atom. The number of hydrogen-bond donors (Lipinski definition) is 3. The molecule has 0 aliphatic rings. The van der Waals surface area contributed by atoms with E-state index in [0.29, 0.717) is 37.5 Å². The molecular formula is C42H55N7O4S. The Hall–Kier alpha value is -4.52. The molecule has 0 amide bonds. The number of aromatic carboxylic acids is 1. The van der Waals surface area contributed by atoms with Crippen molar-refractivity contribution in [3.63, 3.8) is 0 Å². The van der Waals surface area contributed by atoms with Crippen LogP contribution in [0.4, 0.5) is 5.95 Å². The van der Waals surface area contributed by atoms with Crippen LogP contribution in [0.2, 0.25) is 0 Å². The second-order valence-corrected chi connectivity index (χ2v) is 15.9. The van der Waals surface area contributed by atoms with Crippen molar-refractivity contribution in [1.29, 1.82) is 0 Å². The highest BCUT2D eigenvalue weighted by atomic mass is 32.2. The molecule has 0 spiro atoms. The first-order valence-electron chi connectivity index (χ1n) is 18.8. The number of anilines is 1. The number of ether oxygens (including phenoxy) is 2. The van der Waals surface area contributed by atoms with E-state index in [0.717, 1.165) is 58.7 Å². The summed E-state index contributed by atoms with van der Waals surface area (Å²) in [4.78, 5) is 32.0. The molecule has 0 radical (unpaired) electrons. The van der Waals surface area contributed by atoms with E-state index in [1.54, 1.807) is 25.3 Å². The fraction of sp³-hybridized carbons (Fsp3) is 0.452. The van der Waals surface area contributed by atoms with Crippen LogP contribution in [0.1, 0.15) is 93.3 Å². The van der Waals surface area contributed by atoms with Crippen LogP contribution in [0, 0.1) is 5.92 Å². The van der Waals surface area contributed by atoms with Crippen molar-refractivity contribution >= 4 is 35.0 Å². The van der Waals surface area contributed by atoms with Gasteiger partial charge in [-0.2, -0.15) is 4.98 Å². The Morgan fingerprint density at radius 2 is 1.74 bits per heavy atom. The molecule has 0 saturated carbocycles. The highest BCUT2D eigenvalue weighted by molar-refractivity contribution is 8.00. The van der Waals surface area contributed by atoms with E-state index in [1.807, 2.05) is 18.3 Å². The zero-order valence-electron chi connectivity index (χ0n) is 33.1. The molecule has 288 valence electrons. The predicted octanol–water partition coefficient (Wildman–Crippen LogP) is 8.44. The normalized spacial score (nSPS) is 12.4. The van der Waals surface area contributed by atoms with Gasteiger partial charge in [0.25, 0.3) is 0 Å². The molecule has 11 nitrogen and oxygen atoms in total. The molecular weight excluding hydrogens is 699 g/mol. The summed E-state index contributed by atoms with van der Waals surface area (Å²) in [5, 5.41) is 13.2. The van der Waals surface area contributed by atoms with Gasteiger partial charge in [-0.25, -0.2) is 14.8 Å². The average molecular weight is 754 g/mol. The van der Waals surface area contributed by atoms with Crippen LogP contribution in [0.15, 0.2) is 59.6 Å². The Balaban J connectivity index is 1.40. The minimum Gasteiger partial charge on any atom is -0.478 e. The summed E-state index contributed by atoms with van der Waals surface area (Å²) < 4.78 is 17.4. The fourth-order valence-corrected chi connectivity index (χ4v) is 7.65. The van der Waals surface area contributed by atoms with Crippen LogP contribution < -0.4 is 14.8 Å². The summed E-state index contributed by atoms with van der Waals surface area (Å²) in [6.07, 6.45) is 5.25. The molecule has 1 atom stereocenters. The molecule has 3 N–H and O–H groups in total. The third-order valence-corrected chi connectivity index (χ3v) is 10.1. The topological polar surface area (TPSA) is 136 Å². The lowest BCUT2D eigenvalue weighted by Gasteiger charge is -2.22. The molecule has 12 heteroatoms. The molecule has 0 saturated heterocycles. The molecule has 0 aliphatic heterocycles. The number of hydrogen-bond acceptors (Lipinski definition) is 10. The molecule has 1 unspecified atom stereocenters. The number of carbonyl (C=O) groups is 1. The molecule has 5 aromatic rings. The Labute approximate surface area is 323 Å². The first-order chi connectivity index (χ1) is 25.8. The standard InChI is InChI=1S/C42H55N7O4S/c1-10-27-14-12-15-28(11-2)36(27)34-22-35(47-41(46-34)48-54-32-17-13-16-29(21-32)40(50)51)53-25-30(20-26(3)4)43-23-31-24-44-37-33(18-19-52-9)38(42(5,6)7)49(8)39(37)45-31/h12-17,21-22,24,26,30,43H,10-11,18-20,23,25H2,1-9H3,(H,50,51)(H,46,47,48). The maximum Gasteiger partial charge on any atom is 0.335 e. The van der Waals surface area contributed by atoms with Gasteiger partial charge in [-0.05, 0) is 72.9 Å². The zero-order valence-corrected chi connectivity index (χ0v) is 33.9. The van der Waals surface area contributed by atoms with E-state index in [4.69, 9.17) is 29.4 Å². The van der Waals surface area contributed by atoms with E-state index < -0.39 is 5.97 Å². The van der Waals surface area contributed by atoms with Crippen LogP contribution >= 0.6 is 11.9 Å². The number of carboxylic acid groups (broad SMARTS) is 1. The second kappa shape index (κ2) is 18.2. The maximum atomic E-state index is 11.6. The minimum atomic E-state index is -0.978. The van der Waals surface area contributed by atoms with Crippen LogP contribution in [0.5, 0.6) is 5.88 Å². The molecule has 2 aromatic carbocycles. The number of benzene rings is 2. The average Bonchev–Trinajstić information content (AvgIpc) is 3.44. The number of rotatable bonds is 18. The lowest BCUT2D eigenvalue weighted by molar-refractivity contribution is 0.0696. The van der Waals surface area contributed by atoms with Gasteiger partial charge >= 0.3 is 5.97 Å². The largest absolute Gasteiger partial charge is 0.478 e. The molecule has 0 fully saturated rings.